The van der Waals surface area contributed by atoms with Gasteiger partial charge in [-0.3, -0.25) is 14.9 Å². The number of methoxy groups -OCH3 is 1. The normalized spacial score (nSPS) is 10.2. The summed E-state index contributed by atoms with van der Waals surface area (Å²) in [6, 6.07) is 4.64. The van der Waals surface area contributed by atoms with Crippen LogP contribution in [0.25, 0.3) is 0 Å². The number of nitro benzene ring substituents is 1. The van der Waals surface area contributed by atoms with Crippen LogP contribution >= 0.6 is 11.8 Å². The zero-order valence-corrected chi connectivity index (χ0v) is 10.5. The molecule has 0 fully saturated rings. The standard InChI is InChI=1S/C11H13NO4S/c1-8(13)10-4-3-9(17-6-5-16-2)7-11(10)12(14)15/h3-4,7H,5-6H2,1-2H3. The Bertz CT molecular complexity index is 433. The van der Waals surface area contributed by atoms with Gasteiger partial charge in [0.15, 0.2) is 5.78 Å². The Morgan fingerprint density at radius 2 is 2.24 bits per heavy atom. The van der Waals surface area contributed by atoms with Gasteiger partial charge in [-0.1, -0.05) is 0 Å². The molecular weight excluding hydrogens is 242 g/mol. The molecule has 6 heteroatoms. The molecule has 0 heterocycles. The fourth-order valence-corrected chi connectivity index (χ4v) is 2.14. The smallest absolute Gasteiger partial charge is 0.281 e. The first-order valence-electron chi connectivity index (χ1n) is 4.97. The number of ketones is 1. The summed E-state index contributed by atoms with van der Waals surface area (Å²) in [5, 5.41) is 10.8. The topological polar surface area (TPSA) is 69.4 Å². The molecule has 0 aliphatic heterocycles. The highest BCUT2D eigenvalue weighted by atomic mass is 32.2. The summed E-state index contributed by atoms with van der Waals surface area (Å²) < 4.78 is 4.89. The van der Waals surface area contributed by atoms with Crippen molar-refractivity contribution in [3.63, 3.8) is 0 Å². The lowest BCUT2D eigenvalue weighted by atomic mass is 10.1. The second-order valence-corrected chi connectivity index (χ2v) is 4.50. The van der Waals surface area contributed by atoms with E-state index in [0.717, 1.165) is 4.90 Å². The van der Waals surface area contributed by atoms with Gasteiger partial charge >= 0.3 is 0 Å². The van der Waals surface area contributed by atoms with Gasteiger partial charge in [0.2, 0.25) is 0 Å². The molecule has 1 aromatic rings. The lowest BCUT2D eigenvalue weighted by Gasteiger charge is -2.03. The lowest BCUT2D eigenvalue weighted by Crippen LogP contribution is -2.00. The Hall–Kier alpha value is -1.40. The average Bonchev–Trinajstić information content (AvgIpc) is 2.29. The number of Topliss-reactive ketones (excluding diaryl/α,β-unsaturated/α-hetero) is 1. The average molecular weight is 255 g/mol. The van der Waals surface area contributed by atoms with Crippen molar-refractivity contribution in [2.45, 2.75) is 11.8 Å². The van der Waals surface area contributed by atoms with Crippen molar-refractivity contribution < 1.29 is 14.5 Å². The van der Waals surface area contributed by atoms with Crippen LogP contribution in [0.1, 0.15) is 17.3 Å². The first-order chi connectivity index (χ1) is 8.06. The molecule has 1 rings (SSSR count). The van der Waals surface area contributed by atoms with Crippen molar-refractivity contribution in [3.8, 4) is 0 Å². The summed E-state index contributed by atoms with van der Waals surface area (Å²) in [5.41, 5.74) is 0.00556. The van der Waals surface area contributed by atoms with Crippen LogP contribution in [-0.4, -0.2) is 30.2 Å². The van der Waals surface area contributed by atoms with Crippen LogP contribution < -0.4 is 0 Å². The molecule has 0 spiro atoms. The Morgan fingerprint density at radius 3 is 2.76 bits per heavy atom. The highest BCUT2D eigenvalue weighted by molar-refractivity contribution is 7.99. The number of hydrogen-bond donors (Lipinski definition) is 0. The number of hydrogen-bond acceptors (Lipinski definition) is 5. The highest BCUT2D eigenvalue weighted by Crippen LogP contribution is 2.26. The number of thioether (sulfide) groups is 1. The van der Waals surface area contributed by atoms with E-state index >= 15 is 0 Å². The van der Waals surface area contributed by atoms with Gasteiger partial charge in [-0.2, -0.15) is 0 Å². The summed E-state index contributed by atoms with van der Waals surface area (Å²) in [7, 11) is 1.60. The number of benzene rings is 1. The third-order valence-electron chi connectivity index (χ3n) is 2.10. The first kappa shape index (κ1) is 13.7. The molecule has 0 aromatic heterocycles. The minimum Gasteiger partial charge on any atom is -0.384 e. The summed E-state index contributed by atoms with van der Waals surface area (Å²) >= 11 is 1.46. The van der Waals surface area contributed by atoms with Crippen molar-refractivity contribution in [2.24, 2.45) is 0 Å². The maximum atomic E-state index is 11.2. The largest absolute Gasteiger partial charge is 0.384 e. The van der Waals surface area contributed by atoms with E-state index in [4.69, 9.17) is 4.74 Å². The second kappa shape index (κ2) is 6.36. The Kier molecular flexibility index (Phi) is 5.11. The molecule has 0 unspecified atom stereocenters. The van der Waals surface area contributed by atoms with E-state index in [0.29, 0.717) is 12.4 Å². The predicted molar refractivity (Wildman–Crippen MR) is 65.7 cm³/mol. The molecule has 0 saturated carbocycles. The van der Waals surface area contributed by atoms with Crippen LogP contribution in [-0.2, 0) is 4.74 Å². The van der Waals surface area contributed by atoms with Crippen LogP contribution in [0.5, 0.6) is 0 Å². The molecule has 5 nitrogen and oxygen atoms in total. The lowest BCUT2D eigenvalue weighted by molar-refractivity contribution is -0.385. The zero-order valence-electron chi connectivity index (χ0n) is 9.63. The Morgan fingerprint density at radius 1 is 1.53 bits per heavy atom. The maximum absolute atomic E-state index is 11.2. The van der Waals surface area contributed by atoms with Gasteiger partial charge in [-0.25, -0.2) is 0 Å². The van der Waals surface area contributed by atoms with Crippen molar-refractivity contribution in [1.82, 2.24) is 0 Å². The summed E-state index contributed by atoms with van der Waals surface area (Å²) in [6.07, 6.45) is 0. The van der Waals surface area contributed by atoms with E-state index in [1.807, 2.05) is 0 Å². The van der Waals surface area contributed by atoms with E-state index in [1.54, 1.807) is 13.2 Å². The number of carbonyl (C=O) groups excluding carboxylic acids is 1. The van der Waals surface area contributed by atoms with Crippen LogP contribution in [0.4, 0.5) is 5.69 Å². The molecule has 0 aliphatic carbocycles. The van der Waals surface area contributed by atoms with Crippen LogP contribution in [0.2, 0.25) is 0 Å². The summed E-state index contributed by atoms with van der Waals surface area (Å²) in [6.45, 7) is 1.90. The van der Waals surface area contributed by atoms with Crippen molar-refractivity contribution in [1.29, 1.82) is 0 Å². The van der Waals surface area contributed by atoms with E-state index in [2.05, 4.69) is 0 Å². The SMILES string of the molecule is COCCSc1ccc(C(C)=O)c([N+](=O)[O-])c1. The number of nitro groups is 1. The minimum absolute atomic E-state index is 0.139. The van der Waals surface area contributed by atoms with E-state index in [1.165, 1.54) is 30.8 Å². The van der Waals surface area contributed by atoms with E-state index < -0.39 is 4.92 Å². The number of ether oxygens (including phenoxy) is 1. The van der Waals surface area contributed by atoms with E-state index in [9.17, 15) is 14.9 Å². The molecule has 0 saturated heterocycles. The summed E-state index contributed by atoms with van der Waals surface area (Å²) in [4.78, 5) is 22.3. The fraction of sp³-hybridized carbons (Fsp3) is 0.364. The third-order valence-corrected chi connectivity index (χ3v) is 3.06. The first-order valence-corrected chi connectivity index (χ1v) is 5.96. The molecule has 0 amide bonds. The number of carbonyl (C=O) groups is 1. The van der Waals surface area contributed by atoms with Crippen LogP contribution in [0, 0.1) is 10.1 Å². The number of rotatable bonds is 6. The van der Waals surface area contributed by atoms with Gasteiger partial charge in [0.25, 0.3) is 5.69 Å². The monoisotopic (exact) mass is 255 g/mol. The van der Waals surface area contributed by atoms with Gasteiger partial charge in [0.1, 0.15) is 0 Å². The van der Waals surface area contributed by atoms with Crippen LogP contribution in [0.3, 0.4) is 0 Å². The van der Waals surface area contributed by atoms with Gasteiger partial charge in [0, 0.05) is 23.8 Å². The van der Waals surface area contributed by atoms with Gasteiger partial charge in [0.05, 0.1) is 17.1 Å². The van der Waals surface area contributed by atoms with Crippen molar-refractivity contribution in [2.75, 3.05) is 19.5 Å². The van der Waals surface area contributed by atoms with Gasteiger partial charge < -0.3 is 4.74 Å². The van der Waals surface area contributed by atoms with E-state index in [-0.39, 0.29) is 17.0 Å². The maximum Gasteiger partial charge on any atom is 0.281 e. The Balaban J connectivity index is 2.94. The zero-order chi connectivity index (χ0) is 12.8. The van der Waals surface area contributed by atoms with Crippen molar-refractivity contribution >= 4 is 23.2 Å². The quantitative estimate of drug-likeness (QED) is 0.257. The molecule has 92 valence electrons. The molecule has 17 heavy (non-hydrogen) atoms. The molecule has 0 atom stereocenters. The minimum atomic E-state index is -0.531. The molecule has 0 bridgehead atoms. The predicted octanol–water partition coefficient (Wildman–Crippen LogP) is 2.54. The van der Waals surface area contributed by atoms with Gasteiger partial charge in [-0.15, -0.1) is 11.8 Å². The second-order valence-electron chi connectivity index (χ2n) is 3.33. The third kappa shape index (κ3) is 3.83. The molecular formula is C11H13NO4S. The highest BCUT2D eigenvalue weighted by Gasteiger charge is 2.17. The summed E-state index contributed by atoms with van der Waals surface area (Å²) in [5.74, 6) is 0.415. The fourth-order valence-electron chi connectivity index (χ4n) is 1.29. The molecule has 0 aliphatic rings. The van der Waals surface area contributed by atoms with Crippen LogP contribution in [0.15, 0.2) is 23.1 Å². The molecule has 0 N–H and O–H groups in total. The molecule has 1 aromatic carbocycles. The van der Waals surface area contributed by atoms with Crippen molar-refractivity contribution in [3.05, 3.63) is 33.9 Å². The number of nitrogens with zero attached hydrogens (tertiary/aromatic N) is 1. The van der Waals surface area contributed by atoms with Gasteiger partial charge in [-0.05, 0) is 19.1 Å². The Labute approximate surface area is 103 Å². The molecule has 0 radical (unpaired) electrons.